The number of nitrogens with one attached hydrogen (secondary N) is 1. The van der Waals surface area contributed by atoms with Gasteiger partial charge in [0.15, 0.2) is 0 Å². The SMILES string of the molecule is C[C@@H]1c2cccn2-c2ccccc2CN1C(=O)Nc1ccccc1. The molecule has 1 aliphatic heterocycles. The minimum absolute atomic E-state index is 0.0175. The van der Waals surface area contributed by atoms with Gasteiger partial charge in [-0.15, -0.1) is 0 Å². The predicted octanol–water partition coefficient (Wildman–Crippen LogP) is 4.59. The Hall–Kier alpha value is -3.01. The zero-order chi connectivity index (χ0) is 16.5. The highest BCUT2D eigenvalue weighted by molar-refractivity contribution is 5.89. The summed E-state index contributed by atoms with van der Waals surface area (Å²) >= 11 is 0. The number of aromatic nitrogens is 1. The Balaban J connectivity index is 1.71. The van der Waals surface area contributed by atoms with Gasteiger partial charge < -0.3 is 14.8 Å². The van der Waals surface area contributed by atoms with Gasteiger partial charge in [-0.3, -0.25) is 0 Å². The van der Waals surface area contributed by atoms with Crippen LogP contribution in [-0.4, -0.2) is 15.5 Å². The molecule has 0 spiro atoms. The first kappa shape index (κ1) is 14.6. The lowest BCUT2D eigenvalue weighted by atomic mass is 10.1. The molecular weight excluding hydrogens is 298 g/mol. The summed E-state index contributed by atoms with van der Waals surface area (Å²) in [5.74, 6) is 0. The molecule has 1 atom stereocenters. The van der Waals surface area contributed by atoms with Crippen molar-refractivity contribution in [1.29, 1.82) is 0 Å². The maximum atomic E-state index is 12.9. The maximum Gasteiger partial charge on any atom is 0.322 e. The molecular formula is C20H19N3O. The summed E-state index contributed by atoms with van der Waals surface area (Å²) in [6, 6.07) is 21.8. The van der Waals surface area contributed by atoms with Crippen molar-refractivity contribution in [3.8, 4) is 5.69 Å². The number of carbonyl (C=O) groups excluding carboxylic acids is 1. The first-order valence-corrected chi connectivity index (χ1v) is 8.12. The van der Waals surface area contributed by atoms with E-state index in [1.165, 1.54) is 0 Å². The molecule has 0 saturated carbocycles. The van der Waals surface area contributed by atoms with Crippen LogP contribution in [0.2, 0.25) is 0 Å². The Morgan fingerprint density at radius 1 is 1.00 bits per heavy atom. The van der Waals surface area contributed by atoms with Gasteiger partial charge in [-0.25, -0.2) is 4.79 Å². The van der Waals surface area contributed by atoms with Crippen LogP contribution in [0.4, 0.5) is 10.5 Å². The van der Waals surface area contributed by atoms with Crippen molar-refractivity contribution in [3.05, 3.63) is 84.2 Å². The lowest BCUT2D eigenvalue weighted by Crippen LogP contribution is -2.36. The highest BCUT2D eigenvalue weighted by atomic mass is 16.2. The Morgan fingerprint density at radius 2 is 1.75 bits per heavy atom. The average molecular weight is 317 g/mol. The number of para-hydroxylation sites is 2. The monoisotopic (exact) mass is 317 g/mol. The molecule has 1 aliphatic rings. The van der Waals surface area contributed by atoms with Crippen molar-refractivity contribution in [2.45, 2.75) is 19.5 Å². The largest absolute Gasteiger partial charge is 0.322 e. The fraction of sp³-hybridized carbons (Fsp3) is 0.150. The summed E-state index contributed by atoms with van der Waals surface area (Å²) in [6.45, 7) is 2.65. The van der Waals surface area contributed by atoms with Crippen molar-refractivity contribution in [3.63, 3.8) is 0 Å². The van der Waals surface area contributed by atoms with Gasteiger partial charge >= 0.3 is 6.03 Å². The summed E-state index contributed by atoms with van der Waals surface area (Å²) in [5.41, 5.74) is 4.20. The molecule has 0 unspecified atom stereocenters. The van der Waals surface area contributed by atoms with Crippen molar-refractivity contribution in [2.24, 2.45) is 0 Å². The molecule has 0 aliphatic carbocycles. The van der Waals surface area contributed by atoms with Gasteiger partial charge in [0.25, 0.3) is 0 Å². The van der Waals surface area contributed by atoms with Crippen molar-refractivity contribution in [2.75, 3.05) is 5.32 Å². The minimum Gasteiger partial charge on any atom is -0.318 e. The fourth-order valence-corrected chi connectivity index (χ4v) is 3.28. The molecule has 2 amide bonds. The number of rotatable bonds is 1. The smallest absolute Gasteiger partial charge is 0.318 e. The molecule has 4 nitrogen and oxygen atoms in total. The summed E-state index contributed by atoms with van der Waals surface area (Å²) in [4.78, 5) is 14.8. The van der Waals surface area contributed by atoms with E-state index in [0.29, 0.717) is 6.54 Å². The molecule has 2 aromatic carbocycles. The average Bonchev–Trinajstić information content (AvgIpc) is 3.06. The minimum atomic E-state index is -0.0850. The second-order valence-corrected chi connectivity index (χ2v) is 6.03. The Kier molecular flexibility index (Phi) is 3.58. The van der Waals surface area contributed by atoms with Gasteiger partial charge in [-0.2, -0.15) is 0 Å². The molecule has 1 aromatic heterocycles. The van der Waals surface area contributed by atoms with Crippen molar-refractivity contribution >= 4 is 11.7 Å². The molecule has 4 rings (SSSR count). The van der Waals surface area contributed by atoms with Crippen molar-refractivity contribution in [1.82, 2.24) is 9.47 Å². The topological polar surface area (TPSA) is 37.3 Å². The van der Waals surface area contributed by atoms with E-state index in [-0.39, 0.29) is 12.1 Å². The predicted molar refractivity (Wildman–Crippen MR) is 95.2 cm³/mol. The van der Waals surface area contributed by atoms with Gasteiger partial charge in [0.05, 0.1) is 18.3 Å². The molecule has 120 valence electrons. The van der Waals surface area contributed by atoms with Crippen LogP contribution >= 0.6 is 0 Å². The lowest BCUT2D eigenvalue weighted by Gasteiger charge is -2.27. The number of fused-ring (bicyclic) bond motifs is 3. The van der Waals surface area contributed by atoms with Crippen LogP contribution in [0, 0.1) is 0 Å². The first-order valence-electron chi connectivity index (χ1n) is 8.12. The van der Waals surface area contributed by atoms with Crippen LogP contribution in [-0.2, 0) is 6.54 Å². The highest BCUT2D eigenvalue weighted by Crippen LogP contribution is 2.32. The third-order valence-electron chi connectivity index (χ3n) is 4.55. The third-order valence-corrected chi connectivity index (χ3v) is 4.55. The second kappa shape index (κ2) is 5.89. The van der Waals surface area contributed by atoms with E-state index in [2.05, 4.69) is 41.2 Å². The van der Waals surface area contributed by atoms with E-state index in [4.69, 9.17) is 0 Å². The van der Waals surface area contributed by atoms with E-state index in [0.717, 1.165) is 22.6 Å². The summed E-state index contributed by atoms with van der Waals surface area (Å²) in [6.07, 6.45) is 2.06. The summed E-state index contributed by atoms with van der Waals surface area (Å²) in [5, 5.41) is 3.00. The number of hydrogen-bond acceptors (Lipinski definition) is 1. The molecule has 2 heterocycles. The number of amides is 2. The van der Waals surface area contributed by atoms with Gasteiger partial charge in [-0.1, -0.05) is 36.4 Å². The van der Waals surface area contributed by atoms with E-state index >= 15 is 0 Å². The van der Waals surface area contributed by atoms with Crippen LogP contribution < -0.4 is 5.32 Å². The third kappa shape index (κ3) is 2.46. The Labute approximate surface area is 141 Å². The first-order chi connectivity index (χ1) is 11.7. The van der Waals surface area contributed by atoms with Crippen LogP contribution in [0.25, 0.3) is 5.69 Å². The van der Waals surface area contributed by atoms with Gasteiger partial charge in [0.1, 0.15) is 0 Å². The standard InChI is InChI=1S/C20H19N3O/c1-15-18-12-7-13-22(18)19-11-6-5-8-16(19)14-23(15)20(24)21-17-9-3-2-4-10-17/h2-13,15H,14H2,1H3,(H,21,24)/t15-/m1/s1. The Bertz CT molecular complexity index is 869. The van der Waals surface area contributed by atoms with Crippen molar-refractivity contribution < 1.29 is 4.79 Å². The second-order valence-electron chi connectivity index (χ2n) is 6.03. The molecule has 24 heavy (non-hydrogen) atoms. The number of benzene rings is 2. The zero-order valence-electron chi connectivity index (χ0n) is 13.5. The van der Waals surface area contributed by atoms with Crippen LogP contribution in [0.15, 0.2) is 72.9 Å². The van der Waals surface area contributed by atoms with Crippen LogP contribution in [0.1, 0.15) is 24.2 Å². The molecule has 1 N–H and O–H groups in total. The van der Waals surface area contributed by atoms with E-state index in [9.17, 15) is 4.79 Å². The molecule has 4 heteroatoms. The highest BCUT2D eigenvalue weighted by Gasteiger charge is 2.28. The van der Waals surface area contributed by atoms with Gasteiger partial charge in [0.2, 0.25) is 0 Å². The Morgan fingerprint density at radius 3 is 2.58 bits per heavy atom. The van der Waals surface area contributed by atoms with Crippen LogP contribution in [0.5, 0.6) is 0 Å². The van der Waals surface area contributed by atoms with E-state index < -0.39 is 0 Å². The molecule has 0 radical (unpaired) electrons. The molecule has 0 bridgehead atoms. The summed E-state index contributed by atoms with van der Waals surface area (Å²) in [7, 11) is 0. The molecule has 0 fully saturated rings. The number of carbonyl (C=O) groups is 1. The van der Waals surface area contributed by atoms with E-state index in [1.807, 2.05) is 53.4 Å². The number of hydrogen-bond donors (Lipinski definition) is 1. The van der Waals surface area contributed by atoms with Crippen LogP contribution in [0.3, 0.4) is 0 Å². The van der Waals surface area contributed by atoms with Gasteiger partial charge in [-0.05, 0) is 42.8 Å². The lowest BCUT2D eigenvalue weighted by molar-refractivity contribution is 0.189. The zero-order valence-corrected chi connectivity index (χ0v) is 13.5. The van der Waals surface area contributed by atoms with E-state index in [1.54, 1.807) is 0 Å². The molecule has 0 saturated heterocycles. The maximum absolute atomic E-state index is 12.9. The molecule has 3 aromatic rings. The number of urea groups is 1. The number of anilines is 1. The quantitative estimate of drug-likeness (QED) is 0.700. The normalized spacial score (nSPS) is 16.0. The van der Waals surface area contributed by atoms with Gasteiger partial charge in [0, 0.05) is 17.6 Å². The fourth-order valence-electron chi connectivity index (χ4n) is 3.28. The number of nitrogens with zero attached hydrogens (tertiary/aromatic N) is 2. The summed E-state index contributed by atoms with van der Waals surface area (Å²) < 4.78 is 2.18.